The van der Waals surface area contributed by atoms with Gasteiger partial charge in [-0.25, -0.2) is 4.68 Å². The number of amides is 1. The van der Waals surface area contributed by atoms with Crippen LogP contribution in [0.15, 0.2) is 50.0 Å². The summed E-state index contributed by atoms with van der Waals surface area (Å²) in [5, 5.41) is 19.3. The minimum Gasteiger partial charge on any atom is -0.452 e. The average Bonchev–Trinajstić information content (AvgIpc) is 3.30. The van der Waals surface area contributed by atoms with Crippen LogP contribution in [0.25, 0.3) is 0 Å². The highest BCUT2D eigenvalue weighted by Crippen LogP contribution is 2.46. The molecule has 1 aliphatic rings. The van der Waals surface area contributed by atoms with Crippen molar-refractivity contribution in [1.82, 2.24) is 9.78 Å². The molecule has 0 spiro atoms. The van der Waals surface area contributed by atoms with Crippen LogP contribution in [0, 0.1) is 0 Å². The van der Waals surface area contributed by atoms with Crippen molar-refractivity contribution in [3.8, 4) is 0 Å². The summed E-state index contributed by atoms with van der Waals surface area (Å²) in [5.41, 5.74) is 0.757. The Hall–Kier alpha value is -2.31. The van der Waals surface area contributed by atoms with Crippen LogP contribution >= 0.6 is 31.9 Å². The molecule has 1 aliphatic heterocycles. The number of furan rings is 1. The summed E-state index contributed by atoms with van der Waals surface area (Å²) in [6.45, 7) is 1.58. The fourth-order valence-corrected chi connectivity index (χ4v) is 4.38. The number of carbonyl (C=O) groups is 1. The maximum Gasteiger partial charge on any atom is 0.410 e. The Labute approximate surface area is 197 Å². The Morgan fingerprint density at radius 2 is 2.09 bits per heavy atom. The summed E-state index contributed by atoms with van der Waals surface area (Å²) < 4.78 is 48.3. The zero-order chi connectivity index (χ0) is 23.2. The van der Waals surface area contributed by atoms with Crippen LogP contribution in [0.5, 0.6) is 0 Å². The molecule has 170 valence electrons. The first-order valence-electron chi connectivity index (χ1n) is 9.50. The Morgan fingerprint density at radius 3 is 2.72 bits per heavy atom. The van der Waals surface area contributed by atoms with E-state index >= 15 is 0 Å². The minimum atomic E-state index is -4.59. The van der Waals surface area contributed by atoms with Crippen LogP contribution in [0.2, 0.25) is 0 Å². The van der Waals surface area contributed by atoms with Crippen molar-refractivity contribution in [3.63, 3.8) is 0 Å². The highest BCUT2D eigenvalue weighted by molar-refractivity contribution is 9.10. The molecule has 0 bridgehead atoms. The van der Waals surface area contributed by atoms with Gasteiger partial charge in [0.1, 0.15) is 11.6 Å². The number of hydrogen-bond acceptors (Lipinski definition) is 5. The van der Waals surface area contributed by atoms with E-state index in [1.54, 1.807) is 43.3 Å². The lowest BCUT2D eigenvalue weighted by Crippen LogP contribution is -2.35. The van der Waals surface area contributed by atoms with Crippen LogP contribution in [-0.2, 0) is 0 Å². The van der Waals surface area contributed by atoms with Crippen LogP contribution in [0.1, 0.15) is 53.3 Å². The maximum atomic E-state index is 13.9. The van der Waals surface area contributed by atoms with Crippen molar-refractivity contribution in [3.05, 3.63) is 62.6 Å². The van der Waals surface area contributed by atoms with E-state index in [1.807, 2.05) is 0 Å². The third kappa shape index (κ3) is 4.44. The molecule has 3 atom stereocenters. The Bertz CT molecular complexity index is 1160. The molecule has 3 heterocycles. The molecule has 3 N–H and O–H groups in total. The fraction of sp³-hybridized carbons (Fsp3) is 0.300. The molecular formula is C20H17Br2F3N4O3. The van der Waals surface area contributed by atoms with E-state index in [-0.39, 0.29) is 22.4 Å². The number of benzene rings is 1. The molecule has 12 heteroatoms. The minimum absolute atomic E-state index is 0.0268. The van der Waals surface area contributed by atoms with Gasteiger partial charge in [-0.1, -0.05) is 12.1 Å². The molecule has 0 fully saturated rings. The van der Waals surface area contributed by atoms with Crippen LogP contribution in [0.4, 0.5) is 24.7 Å². The van der Waals surface area contributed by atoms with Crippen LogP contribution < -0.4 is 10.6 Å². The van der Waals surface area contributed by atoms with Crippen molar-refractivity contribution in [2.24, 2.45) is 0 Å². The first-order chi connectivity index (χ1) is 15.0. The molecule has 0 aliphatic carbocycles. The molecule has 1 amide bonds. The van der Waals surface area contributed by atoms with Gasteiger partial charge in [-0.15, -0.1) is 0 Å². The summed E-state index contributed by atoms with van der Waals surface area (Å²) in [6.07, 6.45) is -5.69. The number of carbonyl (C=O) groups excluding carboxylic acids is 1. The predicted octanol–water partition coefficient (Wildman–Crippen LogP) is 5.97. The van der Waals surface area contributed by atoms with E-state index in [0.717, 1.165) is 4.68 Å². The van der Waals surface area contributed by atoms with Crippen molar-refractivity contribution in [1.29, 1.82) is 0 Å². The van der Waals surface area contributed by atoms with Crippen LogP contribution in [-0.4, -0.2) is 27.0 Å². The first-order valence-corrected chi connectivity index (χ1v) is 11.1. The van der Waals surface area contributed by atoms with Gasteiger partial charge < -0.3 is 20.2 Å². The third-order valence-corrected chi connectivity index (χ3v) is 6.25. The third-order valence-electron chi connectivity index (χ3n) is 5.08. The van der Waals surface area contributed by atoms with Crippen molar-refractivity contribution < 1.29 is 27.5 Å². The smallest absolute Gasteiger partial charge is 0.410 e. The maximum absolute atomic E-state index is 13.9. The number of halogens is 5. The molecule has 4 rings (SSSR count). The van der Waals surface area contributed by atoms with Crippen molar-refractivity contribution >= 4 is 49.3 Å². The van der Waals surface area contributed by atoms with E-state index in [1.165, 1.54) is 0 Å². The number of alkyl halides is 3. The Kier molecular flexibility index (Phi) is 6.12. The number of aliphatic hydroxyl groups is 1. The Balaban J connectivity index is 1.67. The van der Waals surface area contributed by atoms with Gasteiger partial charge in [-0.05, 0) is 68.6 Å². The number of rotatable bonds is 4. The van der Waals surface area contributed by atoms with E-state index < -0.39 is 30.3 Å². The molecular weight excluding hydrogens is 561 g/mol. The molecule has 0 unspecified atom stereocenters. The summed E-state index contributed by atoms with van der Waals surface area (Å²) in [4.78, 5) is 12.8. The van der Waals surface area contributed by atoms with Gasteiger partial charge in [-0.3, -0.25) is 4.79 Å². The molecule has 0 saturated carbocycles. The SMILES string of the molecule is C[C@H](O)c1cccc(NC(=O)c2nn3c(c2Br)N[C@H](c2ccc(Br)o2)C[C@@H]3C(F)(F)F)c1. The van der Waals surface area contributed by atoms with Crippen molar-refractivity contribution in [2.75, 3.05) is 10.6 Å². The summed E-state index contributed by atoms with van der Waals surface area (Å²) >= 11 is 6.39. The van der Waals surface area contributed by atoms with E-state index in [4.69, 9.17) is 4.42 Å². The highest BCUT2D eigenvalue weighted by Gasteiger charge is 2.48. The van der Waals surface area contributed by atoms with E-state index in [9.17, 15) is 23.1 Å². The molecule has 3 aromatic rings. The number of nitrogens with one attached hydrogen (secondary N) is 2. The van der Waals surface area contributed by atoms with Crippen molar-refractivity contribution in [2.45, 2.75) is 37.7 Å². The zero-order valence-corrected chi connectivity index (χ0v) is 19.6. The molecule has 32 heavy (non-hydrogen) atoms. The van der Waals surface area contributed by atoms with Gasteiger partial charge >= 0.3 is 6.18 Å². The zero-order valence-electron chi connectivity index (χ0n) is 16.5. The molecule has 0 saturated heterocycles. The topological polar surface area (TPSA) is 92.3 Å². The Morgan fingerprint density at radius 1 is 1.34 bits per heavy atom. The highest BCUT2D eigenvalue weighted by atomic mass is 79.9. The summed E-state index contributed by atoms with van der Waals surface area (Å²) in [5.74, 6) is -0.341. The predicted molar refractivity (Wildman–Crippen MR) is 117 cm³/mol. The molecule has 7 nitrogen and oxygen atoms in total. The quantitative estimate of drug-likeness (QED) is 0.355. The molecule has 2 aromatic heterocycles. The van der Waals surface area contributed by atoms with Crippen LogP contribution in [0.3, 0.4) is 0 Å². The number of fused-ring (bicyclic) bond motifs is 1. The first kappa shape index (κ1) is 22.9. The lowest BCUT2D eigenvalue weighted by Gasteiger charge is -2.32. The number of hydrogen-bond donors (Lipinski definition) is 3. The summed E-state index contributed by atoms with van der Waals surface area (Å²) in [7, 11) is 0. The van der Waals surface area contributed by atoms with E-state index in [0.29, 0.717) is 21.7 Å². The largest absolute Gasteiger partial charge is 0.452 e. The number of anilines is 2. The van der Waals surface area contributed by atoms with Gasteiger partial charge in [-0.2, -0.15) is 18.3 Å². The standard InChI is InChI=1S/C20H17Br2F3N4O3/c1-9(30)10-3-2-4-11(7-10)26-19(31)17-16(22)18-27-12(13-5-6-15(21)32-13)8-14(20(23,24)25)29(18)28-17/h2-7,9,12,14,27,30H,8H2,1H3,(H,26,31)/t9-,12-,14+/m0/s1. The second-order valence-corrected chi connectivity index (χ2v) is 8.92. The lowest BCUT2D eigenvalue weighted by molar-refractivity contribution is -0.174. The normalized spacial score (nSPS) is 19.2. The van der Waals surface area contributed by atoms with Gasteiger partial charge in [0.25, 0.3) is 5.91 Å². The number of aliphatic hydroxyl groups excluding tert-OH is 1. The monoisotopic (exact) mass is 576 g/mol. The van der Waals surface area contributed by atoms with Gasteiger partial charge in [0.05, 0.1) is 16.6 Å². The van der Waals surface area contributed by atoms with Gasteiger partial charge in [0.15, 0.2) is 16.4 Å². The number of aromatic nitrogens is 2. The lowest BCUT2D eigenvalue weighted by atomic mass is 10.0. The average molecular weight is 578 g/mol. The fourth-order valence-electron chi connectivity index (χ4n) is 3.50. The summed E-state index contributed by atoms with van der Waals surface area (Å²) in [6, 6.07) is 6.98. The molecule has 0 radical (unpaired) electrons. The van der Waals surface area contributed by atoms with E-state index in [2.05, 4.69) is 47.6 Å². The van der Waals surface area contributed by atoms with Gasteiger partial charge in [0, 0.05) is 12.1 Å². The number of nitrogens with zero attached hydrogens (tertiary/aromatic N) is 2. The second-order valence-electron chi connectivity index (χ2n) is 7.34. The second kappa shape index (κ2) is 8.56. The molecule has 1 aromatic carbocycles. The van der Waals surface area contributed by atoms with Gasteiger partial charge in [0.2, 0.25) is 0 Å².